The summed E-state index contributed by atoms with van der Waals surface area (Å²) in [5.41, 5.74) is 0. The van der Waals surface area contributed by atoms with Crippen LogP contribution in [0.3, 0.4) is 0 Å². The van der Waals surface area contributed by atoms with Crippen LogP contribution in [-0.4, -0.2) is 82.3 Å². The fourth-order valence-corrected chi connectivity index (χ4v) is 9.26. The van der Waals surface area contributed by atoms with Crippen LogP contribution in [0.2, 0.25) is 0 Å². The van der Waals surface area contributed by atoms with E-state index in [0.717, 1.165) is 96.3 Å². The Balaban J connectivity index is 4.16. The van der Waals surface area contributed by atoms with Crippen LogP contribution in [0.15, 0.2) is 97.2 Å². The van der Waals surface area contributed by atoms with Gasteiger partial charge in [-0.05, 0) is 77.0 Å². The van der Waals surface area contributed by atoms with Gasteiger partial charge < -0.3 is 33.3 Å². The zero-order chi connectivity index (χ0) is 59.1. The van der Waals surface area contributed by atoms with Crippen LogP contribution < -0.4 is 5.11 Å². The fourth-order valence-electron chi connectivity index (χ4n) is 9.26. The molecule has 81 heavy (non-hydrogen) atoms. The number of carbonyl (C=O) groups excluding carboxylic acids is 3. The van der Waals surface area contributed by atoms with Gasteiger partial charge in [0.05, 0.1) is 40.3 Å². The molecule has 0 N–H and O–H groups in total. The predicted molar refractivity (Wildman–Crippen MR) is 343 cm³/mol. The van der Waals surface area contributed by atoms with Gasteiger partial charge in [-0.2, -0.15) is 0 Å². The van der Waals surface area contributed by atoms with Gasteiger partial charge in [-0.25, -0.2) is 0 Å². The molecule has 0 radical (unpaired) electrons. The summed E-state index contributed by atoms with van der Waals surface area (Å²) in [6.07, 6.45) is 81.9. The molecule has 466 valence electrons. The van der Waals surface area contributed by atoms with Gasteiger partial charge in [-0.1, -0.05) is 291 Å². The zero-order valence-electron chi connectivity index (χ0n) is 53.1. The summed E-state index contributed by atoms with van der Waals surface area (Å²) >= 11 is 0. The molecule has 2 atom stereocenters. The maximum Gasteiger partial charge on any atom is 0.306 e. The van der Waals surface area contributed by atoms with Crippen molar-refractivity contribution in [3.8, 4) is 0 Å². The highest BCUT2D eigenvalue weighted by atomic mass is 16.7. The van der Waals surface area contributed by atoms with Gasteiger partial charge in [0.2, 0.25) is 0 Å². The molecule has 9 heteroatoms. The highest BCUT2D eigenvalue weighted by molar-refractivity contribution is 5.70. The minimum Gasteiger partial charge on any atom is -0.545 e. The standard InChI is InChI=1S/C72H125NO8/c1-6-8-10-12-14-16-18-20-22-24-26-28-29-30-31-32-33-34-35-36-37-38-39-40-41-43-45-47-49-51-53-55-57-59-61-63-70(75)81-68(67-80-72(71(76)77)78-65-64-73(3,4)5)66-79-69(74)62-60-58-56-54-52-50-48-46-44-42-27-25-23-21-19-17-15-13-11-9-7-2/h8,10,14,16,20,22,26,28,30-31,33-34,36-37,39-40,68,72H,6-7,9,11-13,15,17-19,21,23-25,27,29,32,35,38,41-67H2,1-5H3/b10-8-,16-14-,22-20-,28-26-,31-30-,34-33-,37-36-,40-39-. The number of quaternary nitrogens is 1. The van der Waals surface area contributed by atoms with Gasteiger partial charge in [0.1, 0.15) is 13.2 Å². The smallest absolute Gasteiger partial charge is 0.306 e. The Morgan fingerprint density at radius 1 is 0.383 bits per heavy atom. The van der Waals surface area contributed by atoms with Crippen LogP contribution in [-0.2, 0) is 33.3 Å². The van der Waals surface area contributed by atoms with Crippen molar-refractivity contribution in [3.63, 3.8) is 0 Å². The average Bonchev–Trinajstić information content (AvgIpc) is 3.44. The van der Waals surface area contributed by atoms with Crippen molar-refractivity contribution in [2.45, 2.75) is 296 Å². The van der Waals surface area contributed by atoms with E-state index in [1.165, 1.54) is 154 Å². The molecule has 0 spiro atoms. The lowest BCUT2D eigenvalue weighted by Crippen LogP contribution is -2.44. The summed E-state index contributed by atoms with van der Waals surface area (Å²) in [4.78, 5) is 37.4. The van der Waals surface area contributed by atoms with Crippen molar-refractivity contribution in [2.75, 3.05) is 47.5 Å². The topological polar surface area (TPSA) is 111 Å². The van der Waals surface area contributed by atoms with E-state index in [1.54, 1.807) is 0 Å². The van der Waals surface area contributed by atoms with E-state index < -0.39 is 24.3 Å². The summed E-state index contributed by atoms with van der Waals surface area (Å²) in [5.74, 6) is -2.28. The minimum absolute atomic E-state index is 0.145. The van der Waals surface area contributed by atoms with E-state index >= 15 is 0 Å². The molecule has 0 saturated heterocycles. The second-order valence-electron chi connectivity index (χ2n) is 23.4. The first-order valence-electron chi connectivity index (χ1n) is 33.4. The number of carbonyl (C=O) groups is 3. The molecule has 0 aromatic heterocycles. The molecule has 0 bridgehead atoms. The molecule has 0 aromatic rings. The van der Waals surface area contributed by atoms with Crippen LogP contribution >= 0.6 is 0 Å². The van der Waals surface area contributed by atoms with Crippen molar-refractivity contribution in [3.05, 3.63) is 97.2 Å². The van der Waals surface area contributed by atoms with Gasteiger partial charge in [0, 0.05) is 12.8 Å². The van der Waals surface area contributed by atoms with Gasteiger partial charge in [0.15, 0.2) is 12.4 Å². The zero-order valence-corrected chi connectivity index (χ0v) is 53.1. The first kappa shape index (κ1) is 77.2. The highest BCUT2D eigenvalue weighted by Crippen LogP contribution is 2.17. The van der Waals surface area contributed by atoms with Crippen LogP contribution in [0.4, 0.5) is 0 Å². The Bertz CT molecular complexity index is 1650. The Kier molecular flexibility index (Phi) is 59.3. The number of unbranched alkanes of at least 4 members (excludes halogenated alkanes) is 30. The number of likely N-dealkylation sites (N-methyl/N-ethyl adjacent to an activating group) is 1. The minimum atomic E-state index is -1.63. The monoisotopic (exact) mass is 1130 g/mol. The molecular formula is C72H125NO8. The Morgan fingerprint density at radius 3 is 1.05 bits per heavy atom. The highest BCUT2D eigenvalue weighted by Gasteiger charge is 2.22. The average molecular weight is 1130 g/mol. The maximum atomic E-state index is 12.9. The number of aliphatic carboxylic acids is 1. The molecule has 0 rings (SSSR count). The first-order valence-corrected chi connectivity index (χ1v) is 33.4. The summed E-state index contributed by atoms with van der Waals surface area (Å²) in [6.45, 7) is 4.66. The van der Waals surface area contributed by atoms with Crippen molar-refractivity contribution in [2.24, 2.45) is 0 Å². The van der Waals surface area contributed by atoms with Crippen LogP contribution in [0.1, 0.15) is 284 Å². The molecule has 0 amide bonds. The van der Waals surface area contributed by atoms with Crippen molar-refractivity contribution in [1.29, 1.82) is 0 Å². The number of ether oxygens (including phenoxy) is 4. The number of carboxylic acids is 1. The van der Waals surface area contributed by atoms with Crippen LogP contribution in [0.25, 0.3) is 0 Å². The Morgan fingerprint density at radius 2 is 0.704 bits per heavy atom. The summed E-state index contributed by atoms with van der Waals surface area (Å²) in [6, 6.07) is 0. The van der Waals surface area contributed by atoms with E-state index in [1.807, 2.05) is 21.1 Å². The second kappa shape index (κ2) is 62.3. The lowest BCUT2D eigenvalue weighted by molar-refractivity contribution is -0.870. The largest absolute Gasteiger partial charge is 0.545 e. The molecule has 9 nitrogen and oxygen atoms in total. The molecule has 0 aliphatic heterocycles. The lowest BCUT2D eigenvalue weighted by atomic mass is 10.0. The number of hydrogen-bond acceptors (Lipinski definition) is 8. The third kappa shape index (κ3) is 63.6. The second-order valence-corrected chi connectivity index (χ2v) is 23.4. The van der Waals surface area contributed by atoms with Crippen LogP contribution in [0, 0.1) is 0 Å². The lowest BCUT2D eigenvalue weighted by Gasteiger charge is -2.26. The number of nitrogens with zero attached hydrogens (tertiary/aromatic N) is 1. The first-order chi connectivity index (χ1) is 39.6. The Labute approximate surface area is 499 Å². The van der Waals surface area contributed by atoms with E-state index in [0.29, 0.717) is 23.9 Å². The molecule has 2 unspecified atom stereocenters. The summed E-state index contributed by atoms with van der Waals surface area (Å²) < 4.78 is 22.8. The number of esters is 2. The van der Waals surface area contributed by atoms with Gasteiger partial charge in [-0.3, -0.25) is 9.59 Å². The number of rotatable bonds is 61. The molecule has 0 fully saturated rings. The summed E-state index contributed by atoms with van der Waals surface area (Å²) in [7, 11) is 5.93. The Hall–Kier alpha value is -3.79. The van der Waals surface area contributed by atoms with E-state index in [2.05, 4.69) is 111 Å². The number of allylic oxidation sites excluding steroid dienone is 16. The SMILES string of the molecule is CC/C=C\C/C=C\C/C=C\C/C=C\C/C=C\C/C=C\C/C=C\C/C=C\CCCCCCCCCCCCC(=O)OC(COC(=O)CCCCCCCCCCCCCCCCCCCCCCC)COC(OCC[N+](C)(C)C)C(=O)[O-]. The van der Waals surface area contributed by atoms with Crippen molar-refractivity contribution in [1.82, 2.24) is 0 Å². The van der Waals surface area contributed by atoms with Crippen LogP contribution in [0.5, 0.6) is 0 Å². The molecule has 0 saturated carbocycles. The molecule has 0 aromatic carbocycles. The fraction of sp³-hybridized carbons (Fsp3) is 0.736. The van der Waals surface area contributed by atoms with Gasteiger partial charge in [-0.15, -0.1) is 0 Å². The van der Waals surface area contributed by atoms with Gasteiger partial charge >= 0.3 is 11.9 Å². The number of hydrogen-bond donors (Lipinski definition) is 0. The predicted octanol–water partition coefficient (Wildman–Crippen LogP) is 19.1. The van der Waals surface area contributed by atoms with E-state index in [-0.39, 0.29) is 32.2 Å². The third-order valence-electron chi connectivity index (χ3n) is 14.3. The molecule has 0 heterocycles. The molecule has 0 aliphatic carbocycles. The summed E-state index contributed by atoms with van der Waals surface area (Å²) in [5, 5.41) is 11.8. The van der Waals surface area contributed by atoms with E-state index in [4.69, 9.17) is 18.9 Å². The third-order valence-corrected chi connectivity index (χ3v) is 14.3. The van der Waals surface area contributed by atoms with E-state index in [9.17, 15) is 19.5 Å². The molecular weight excluding hydrogens is 1010 g/mol. The number of carboxylic acid groups (broad SMARTS) is 1. The molecule has 0 aliphatic rings. The van der Waals surface area contributed by atoms with Gasteiger partial charge in [0.25, 0.3) is 0 Å². The van der Waals surface area contributed by atoms with Crippen molar-refractivity contribution < 1.29 is 42.9 Å². The normalized spacial score (nSPS) is 13.3. The maximum absolute atomic E-state index is 12.9. The van der Waals surface area contributed by atoms with Crippen molar-refractivity contribution >= 4 is 17.9 Å². The quantitative estimate of drug-likeness (QED) is 0.0195.